The van der Waals surface area contributed by atoms with Gasteiger partial charge >= 0.3 is 0 Å². The van der Waals surface area contributed by atoms with Crippen molar-refractivity contribution in [2.75, 3.05) is 0 Å². The highest BCUT2D eigenvalue weighted by Crippen LogP contribution is 2.39. The van der Waals surface area contributed by atoms with E-state index in [2.05, 4.69) is 173 Å². The van der Waals surface area contributed by atoms with E-state index >= 15 is 0 Å². The van der Waals surface area contributed by atoms with Crippen molar-refractivity contribution in [3.05, 3.63) is 170 Å². The van der Waals surface area contributed by atoms with E-state index in [0.29, 0.717) is 0 Å². The molecular formula is C46H28N4S. The predicted octanol–water partition coefficient (Wildman–Crippen LogP) is 12.4. The van der Waals surface area contributed by atoms with Gasteiger partial charge in [-0.15, -0.1) is 11.3 Å². The second-order valence-corrected chi connectivity index (χ2v) is 14.1. The topological polar surface area (TPSA) is 35.6 Å². The molecule has 4 nitrogen and oxygen atoms in total. The van der Waals surface area contributed by atoms with Gasteiger partial charge in [0.05, 0.1) is 43.7 Å². The Kier molecular flexibility index (Phi) is 6.09. The molecule has 0 amide bonds. The molecule has 0 aliphatic rings. The molecule has 0 atom stereocenters. The minimum absolute atomic E-state index is 0.956. The highest BCUT2D eigenvalue weighted by atomic mass is 32.1. The zero-order valence-corrected chi connectivity index (χ0v) is 28.2. The summed E-state index contributed by atoms with van der Waals surface area (Å²) in [4.78, 5) is 10.3. The zero-order chi connectivity index (χ0) is 33.5. The number of para-hydroxylation sites is 4. The molecule has 0 radical (unpaired) electrons. The largest absolute Gasteiger partial charge is 0.309 e. The van der Waals surface area contributed by atoms with Crippen LogP contribution in [-0.4, -0.2) is 19.1 Å². The van der Waals surface area contributed by atoms with E-state index in [-0.39, 0.29) is 0 Å². The Morgan fingerprint density at radius 1 is 0.392 bits per heavy atom. The van der Waals surface area contributed by atoms with Crippen LogP contribution >= 0.6 is 11.3 Å². The molecule has 0 saturated heterocycles. The van der Waals surface area contributed by atoms with Crippen LogP contribution in [0.15, 0.2) is 170 Å². The van der Waals surface area contributed by atoms with Crippen molar-refractivity contribution in [3.63, 3.8) is 0 Å². The lowest BCUT2D eigenvalue weighted by Crippen LogP contribution is -1.93. The van der Waals surface area contributed by atoms with Gasteiger partial charge in [0.15, 0.2) is 0 Å². The third kappa shape index (κ3) is 4.32. The normalized spacial score (nSPS) is 11.9. The zero-order valence-electron chi connectivity index (χ0n) is 27.4. The van der Waals surface area contributed by atoms with E-state index in [1.54, 1.807) is 11.3 Å². The van der Waals surface area contributed by atoms with Crippen LogP contribution in [0.3, 0.4) is 0 Å². The maximum Gasteiger partial charge on any atom is 0.0911 e. The summed E-state index contributed by atoms with van der Waals surface area (Å²) in [5.41, 5.74) is 12.1. The number of thiophene rings is 1. The van der Waals surface area contributed by atoms with Gasteiger partial charge < -0.3 is 9.13 Å². The summed E-state index contributed by atoms with van der Waals surface area (Å²) in [5.74, 6) is 0. The van der Waals surface area contributed by atoms with Crippen LogP contribution in [0.1, 0.15) is 0 Å². The van der Waals surface area contributed by atoms with Gasteiger partial charge in [-0.25, -0.2) is 4.98 Å². The van der Waals surface area contributed by atoms with Gasteiger partial charge in [-0.05, 0) is 66.7 Å². The summed E-state index contributed by atoms with van der Waals surface area (Å²) in [6.07, 6.45) is 2.01. The van der Waals surface area contributed by atoms with Crippen molar-refractivity contribution >= 4 is 75.3 Å². The molecular weight excluding hydrogens is 641 g/mol. The molecule has 11 aromatic rings. The highest BCUT2D eigenvalue weighted by Gasteiger charge is 2.17. The van der Waals surface area contributed by atoms with E-state index in [9.17, 15) is 0 Å². The molecule has 51 heavy (non-hydrogen) atoms. The van der Waals surface area contributed by atoms with Crippen LogP contribution in [0.5, 0.6) is 0 Å². The predicted molar refractivity (Wildman–Crippen MR) is 214 cm³/mol. The van der Waals surface area contributed by atoms with Crippen LogP contribution in [0.4, 0.5) is 0 Å². The number of pyridine rings is 2. The maximum absolute atomic E-state index is 5.27. The molecule has 0 aliphatic carbocycles. The van der Waals surface area contributed by atoms with Gasteiger partial charge in [-0.2, -0.15) is 0 Å². The van der Waals surface area contributed by atoms with Crippen LogP contribution in [-0.2, 0) is 0 Å². The number of fused-ring (bicyclic) bond motifs is 9. The first kappa shape index (κ1) is 28.3. The molecule has 0 fully saturated rings. The van der Waals surface area contributed by atoms with E-state index in [0.717, 1.165) is 49.5 Å². The first-order valence-electron chi connectivity index (χ1n) is 17.2. The summed E-state index contributed by atoms with van der Waals surface area (Å²) in [6.45, 7) is 0. The van der Waals surface area contributed by atoms with Gasteiger partial charge in [0.2, 0.25) is 0 Å². The van der Waals surface area contributed by atoms with E-state index in [1.807, 2.05) is 6.20 Å². The highest BCUT2D eigenvalue weighted by molar-refractivity contribution is 7.25. The standard InChI is InChI=1S/C46H28N4S/c1-3-11-31(12-4-1)49-40-17-9-7-15-33(40)35-21-19-29(25-42(35)49)38-23-24-44-46(48-38)37-28-47-39(27-45(37)51-44)30-20-22-36-34-16-8-10-18-41(34)50(43(36)26-30)32-13-5-2-6-14-32/h1-28H. The monoisotopic (exact) mass is 668 g/mol. The molecule has 5 aromatic heterocycles. The molecule has 5 heterocycles. The van der Waals surface area contributed by atoms with Crippen molar-refractivity contribution in [2.45, 2.75) is 0 Å². The van der Waals surface area contributed by atoms with E-state index < -0.39 is 0 Å². The van der Waals surface area contributed by atoms with E-state index in [1.165, 1.54) is 48.3 Å². The lowest BCUT2D eigenvalue weighted by molar-refractivity contribution is 1.18. The molecule has 5 heteroatoms. The van der Waals surface area contributed by atoms with Crippen LogP contribution < -0.4 is 0 Å². The van der Waals surface area contributed by atoms with Crippen molar-refractivity contribution in [1.29, 1.82) is 0 Å². The summed E-state index contributed by atoms with van der Waals surface area (Å²) >= 11 is 1.78. The Morgan fingerprint density at radius 3 is 1.53 bits per heavy atom. The molecule has 0 aliphatic heterocycles. The Balaban J connectivity index is 1.03. The number of hydrogen-bond donors (Lipinski definition) is 0. The Hall–Kier alpha value is -6.56. The molecule has 0 N–H and O–H groups in total. The van der Waals surface area contributed by atoms with Crippen molar-refractivity contribution in [3.8, 4) is 33.9 Å². The molecule has 0 saturated carbocycles. The van der Waals surface area contributed by atoms with Gasteiger partial charge in [0, 0.05) is 60.3 Å². The second-order valence-electron chi connectivity index (χ2n) is 13.1. The molecule has 6 aromatic carbocycles. The molecule has 11 rings (SSSR count). The Morgan fingerprint density at radius 2 is 0.922 bits per heavy atom. The molecule has 238 valence electrons. The quantitative estimate of drug-likeness (QED) is 0.187. The lowest BCUT2D eigenvalue weighted by Gasteiger charge is -2.09. The number of benzene rings is 6. The maximum atomic E-state index is 5.27. The SMILES string of the molecule is c1ccc(-n2c3ccccc3c3ccc(-c4cc5sc6ccc(-c7ccc8c9ccccc9n(-c9ccccc9)c8c7)nc6c5cn4)cc32)cc1. The lowest BCUT2D eigenvalue weighted by atomic mass is 10.1. The van der Waals surface area contributed by atoms with Crippen molar-refractivity contribution in [2.24, 2.45) is 0 Å². The van der Waals surface area contributed by atoms with Gasteiger partial charge in [-0.1, -0.05) is 97.1 Å². The Labute approximate surface area is 297 Å². The number of aromatic nitrogens is 4. The second kappa shape index (κ2) is 11.0. The first-order chi connectivity index (χ1) is 25.3. The fourth-order valence-electron chi connectivity index (χ4n) is 7.83. The minimum Gasteiger partial charge on any atom is -0.309 e. The average Bonchev–Trinajstić information content (AvgIpc) is 3.85. The van der Waals surface area contributed by atoms with Crippen LogP contribution in [0, 0.1) is 0 Å². The van der Waals surface area contributed by atoms with Gasteiger partial charge in [-0.3, -0.25) is 4.98 Å². The molecule has 0 spiro atoms. The smallest absolute Gasteiger partial charge is 0.0911 e. The Bertz CT molecular complexity index is 3130. The minimum atomic E-state index is 0.956. The van der Waals surface area contributed by atoms with Crippen molar-refractivity contribution in [1.82, 2.24) is 19.1 Å². The van der Waals surface area contributed by atoms with Gasteiger partial charge in [0.25, 0.3) is 0 Å². The molecule has 0 unspecified atom stereocenters. The third-order valence-electron chi connectivity index (χ3n) is 10.2. The third-order valence-corrected chi connectivity index (χ3v) is 11.3. The summed E-state index contributed by atoms with van der Waals surface area (Å²) < 4.78 is 7.05. The number of rotatable bonds is 4. The van der Waals surface area contributed by atoms with Gasteiger partial charge in [0.1, 0.15) is 0 Å². The number of hydrogen-bond acceptors (Lipinski definition) is 3. The summed E-state index contributed by atoms with van der Waals surface area (Å²) in [5, 5.41) is 6.05. The van der Waals surface area contributed by atoms with E-state index in [4.69, 9.17) is 9.97 Å². The van der Waals surface area contributed by atoms with Crippen molar-refractivity contribution < 1.29 is 0 Å². The fourth-order valence-corrected chi connectivity index (χ4v) is 8.88. The number of nitrogens with zero attached hydrogens (tertiary/aromatic N) is 4. The first-order valence-corrected chi connectivity index (χ1v) is 18.0. The van der Waals surface area contributed by atoms with Crippen LogP contribution in [0.2, 0.25) is 0 Å². The summed E-state index contributed by atoms with van der Waals surface area (Å²) in [6, 6.07) is 58.5. The average molecular weight is 669 g/mol. The summed E-state index contributed by atoms with van der Waals surface area (Å²) in [7, 11) is 0. The molecule has 0 bridgehead atoms. The van der Waals surface area contributed by atoms with Crippen LogP contribution in [0.25, 0.3) is 97.8 Å². The fraction of sp³-hybridized carbons (Fsp3) is 0.